The van der Waals surface area contributed by atoms with Gasteiger partial charge in [0.05, 0.1) is 0 Å². The second kappa shape index (κ2) is 6.12. The number of benzene rings is 1. The summed E-state index contributed by atoms with van der Waals surface area (Å²) < 4.78 is 6.04. The van der Waals surface area contributed by atoms with Gasteiger partial charge in [-0.1, -0.05) is 43.3 Å². The van der Waals surface area contributed by atoms with E-state index in [-0.39, 0.29) is 0 Å². The number of unbranched alkanes of at least 4 members (excludes halogenated alkanes) is 1. The number of nitrogens with one attached hydrogen (secondary N) is 1. The van der Waals surface area contributed by atoms with Gasteiger partial charge in [-0.15, -0.1) is 10.2 Å². The van der Waals surface area contributed by atoms with Crippen molar-refractivity contribution in [2.24, 2.45) is 0 Å². The van der Waals surface area contributed by atoms with Gasteiger partial charge in [0.15, 0.2) is 11.4 Å². The van der Waals surface area contributed by atoms with E-state index in [2.05, 4.69) is 27.4 Å². The molecule has 0 radical (unpaired) electrons. The van der Waals surface area contributed by atoms with Crippen molar-refractivity contribution >= 4 is 17.4 Å². The van der Waals surface area contributed by atoms with E-state index in [1.54, 1.807) is 11.8 Å². The van der Waals surface area contributed by atoms with Crippen LogP contribution in [0.2, 0.25) is 0 Å². The molecule has 0 saturated carbocycles. The Balaban J connectivity index is 2.00. The predicted molar refractivity (Wildman–Crippen MR) is 89.2 cm³/mol. The molecule has 1 aromatic carbocycles. The smallest absolute Gasteiger partial charge is 0.247 e. The fraction of sp³-hybridized carbons (Fsp3) is 0.438. The average Bonchev–Trinajstić information content (AvgIpc) is 2.59. The molecule has 0 aliphatic carbocycles. The Labute approximate surface area is 134 Å². The number of fused-ring (bicyclic) bond motifs is 3. The van der Waals surface area contributed by atoms with E-state index in [1.165, 1.54) is 0 Å². The lowest BCUT2D eigenvalue weighted by Crippen LogP contribution is -2.37. The summed E-state index contributed by atoms with van der Waals surface area (Å²) in [6.07, 6.45) is 2.30. The summed E-state index contributed by atoms with van der Waals surface area (Å²) in [7, 11) is 0. The summed E-state index contributed by atoms with van der Waals surface area (Å²) in [6.45, 7) is 6.13. The average molecular weight is 316 g/mol. The van der Waals surface area contributed by atoms with E-state index in [9.17, 15) is 0 Å². The van der Waals surface area contributed by atoms with Crippen molar-refractivity contribution in [1.82, 2.24) is 15.2 Å². The van der Waals surface area contributed by atoms with Crippen molar-refractivity contribution in [3.63, 3.8) is 0 Å². The number of rotatable bonds is 4. The van der Waals surface area contributed by atoms with Crippen molar-refractivity contribution in [2.75, 3.05) is 11.1 Å². The summed E-state index contributed by atoms with van der Waals surface area (Å²) in [4.78, 5) is 4.57. The third-order valence-corrected chi connectivity index (χ3v) is 4.26. The molecule has 0 spiro atoms. The lowest BCUT2D eigenvalue weighted by molar-refractivity contribution is 0.134. The molecule has 5 nitrogen and oxygen atoms in total. The number of hydrogen-bond acceptors (Lipinski definition) is 6. The minimum atomic E-state index is -0.553. The number of para-hydroxylation sites is 1. The first-order chi connectivity index (χ1) is 10.6. The van der Waals surface area contributed by atoms with Crippen LogP contribution < -0.4 is 10.1 Å². The fourth-order valence-electron chi connectivity index (χ4n) is 2.30. The maximum atomic E-state index is 6.04. The maximum absolute atomic E-state index is 6.04. The van der Waals surface area contributed by atoms with E-state index in [1.807, 2.05) is 38.1 Å². The zero-order chi connectivity index (χ0) is 15.6. The predicted octanol–water partition coefficient (Wildman–Crippen LogP) is 3.97. The molecular weight excluding hydrogens is 296 g/mol. The second-order valence-corrected chi connectivity index (χ2v) is 6.80. The summed E-state index contributed by atoms with van der Waals surface area (Å²) in [6, 6.07) is 7.99. The van der Waals surface area contributed by atoms with E-state index >= 15 is 0 Å². The number of hydrogen-bond donors (Lipinski definition) is 1. The number of anilines is 1. The molecule has 1 aliphatic heterocycles. The number of nitrogens with zero attached hydrogens (tertiary/aromatic N) is 3. The van der Waals surface area contributed by atoms with Crippen LogP contribution in [0.25, 0.3) is 11.3 Å². The minimum absolute atomic E-state index is 0.538. The summed E-state index contributed by atoms with van der Waals surface area (Å²) in [5, 5.41) is 12.7. The van der Waals surface area contributed by atoms with Crippen LogP contribution in [-0.4, -0.2) is 26.7 Å². The van der Waals surface area contributed by atoms with Crippen LogP contribution in [0, 0.1) is 0 Å². The highest BCUT2D eigenvalue weighted by Crippen LogP contribution is 2.38. The third-order valence-electron chi connectivity index (χ3n) is 3.33. The fourth-order valence-corrected chi connectivity index (χ4v) is 3.16. The highest BCUT2D eigenvalue weighted by atomic mass is 32.2. The van der Waals surface area contributed by atoms with Gasteiger partial charge < -0.3 is 10.1 Å². The van der Waals surface area contributed by atoms with E-state index in [0.29, 0.717) is 16.7 Å². The molecule has 3 rings (SSSR count). The Hall–Kier alpha value is -1.82. The first-order valence-corrected chi connectivity index (χ1v) is 8.52. The van der Waals surface area contributed by atoms with Gasteiger partial charge in [-0.2, -0.15) is 4.98 Å². The third kappa shape index (κ3) is 3.16. The standard InChI is InChI=1S/C16H20N4OS/c1-4-5-10-22-15-17-14-13(19-20-15)11-8-6-7-9-12(11)18-16(2,3)21-14/h6-9,18H,4-5,10H2,1-3H3. The molecule has 22 heavy (non-hydrogen) atoms. The van der Waals surface area contributed by atoms with Crippen molar-refractivity contribution < 1.29 is 4.74 Å². The molecule has 1 aromatic heterocycles. The normalized spacial score (nSPS) is 15.0. The van der Waals surface area contributed by atoms with Gasteiger partial charge in [-0.25, -0.2) is 0 Å². The van der Waals surface area contributed by atoms with Crippen LogP contribution in [0.5, 0.6) is 5.88 Å². The molecule has 1 aliphatic rings. The van der Waals surface area contributed by atoms with Gasteiger partial charge >= 0.3 is 0 Å². The van der Waals surface area contributed by atoms with Crippen LogP contribution >= 0.6 is 11.8 Å². The monoisotopic (exact) mass is 316 g/mol. The van der Waals surface area contributed by atoms with E-state index in [0.717, 1.165) is 29.8 Å². The SMILES string of the molecule is CCCCSc1nnc2c(n1)OC(C)(C)Nc1ccccc1-2. The van der Waals surface area contributed by atoms with Crippen LogP contribution in [0.4, 0.5) is 5.69 Å². The number of aromatic nitrogens is 3. The van der Waals surface area contributed by atoms with Crippen molar-refractivity contribution in [1.29, 1.82) is 0 Å². The van der Waals surface area contributed by atoms with Crippen molar-refractivity contribution in [2.45, 2.75) is 44.5 Å². The first-order valence-electron chi connectivity index (χ1n) is 7.53. The largest absolute Gasteiger partial charge is 0.450 e. The zero-order valence-electron chi connectivity index (χ0n) is 13.1. The van der Waals surface area contributed by atoms with Crippen LogP contribution in [-0.2, 0) is 0 Å². The van der Waals surface area contributed by atoms with E-state index < -0.39 is 5.72 Å². The molecule has 2 aromatic rings. The summed E-state index contributed by atoms with van der Waals surface area (Å²) in [5.74, 6) is 1.53. The van der Waals surface area contributed by atoms with Gasteiger partial charge in [-0.3, -0.25) is 0 Å². The van der Waals surface area contributed by atoms with Gasteiger partial charge in [0.25, 0.3) is 0 Å². The second-order valence-electron chi connectivity index (χ2n) is 5.73. The number of thioether (sulfide) groups is 1. The highest BCUT2D eigenvalue weighted by molar-refractivity contribution is 7.99. The van der Waals surface area contributed by atoms with Gasteiger partial charge in [0, 0.05) is 17.0 Å². The quantitative estimate of drug-likeness (QED) is 0.680. The van der Waals surface area contributed by atoms with Gasteiger partial charge in [0.1, 0.15) is 0 Å². The van der Waals surface area contributed by atoms with Crippen LogP contribution in [0.1, 0.15) is 33.6 Å². The molecule has 0 fully saturated rings. The Kier molecular flexibility index (Phi) is 4.20. The topological polar surface area (TPSA) is 59.9 Å². The molecule has 1 N–H and O–H groups in total. The van der Waals surface area contributed by atoms with Crippen LogP contribution in [0.15, 0.2) is 29.4 Å². The number of ether oxygens (including phenoxy) is 1. The lowest BCUT2D eigenvalue weighted by Gasteiger charge is -2.26. The van der Waals surface area contributed by atoms with Gasteiger partial charge in [0.2, 0.25) is 11.0 Å². The molecule has 6 heteroatoms. The Morgan fingerprint density at radius 1 is 1.23 bits per heavy atom. The lowest BCUT2D eigenvalue weighted by atomic mass is 10.1. The molecular formula is C16H20N4OS. The van der Waals surface area contributed by atoms with E-state index in [4.69, 9.17) is 4.74 Å². The Bertz CT molecular complexity index is 675. The molecule has 116 valence electrons. The maximum Gasteiger partial charge on any atom is 0.247 e. The molecule has 0 amide bonds. The Morgan fingerprint density at radius 3 is 2.86 bits per heavy atom. The molecule has 0 bridgehead atoms. The minimum Gasteiger partial charge on any atom is -0.450 e. The molecule has 0 atom stereocenters. The van der Waals surface area contributed by atoms with Crippen molar-refractivity contribution in [3.05, 3.63) is 24.3 Å². The highest BCUT2D eigenvalue weighted by Gasteiger charge is 2.29. The van der Waals surface area contributed by atoms with Gasteiger partial charge in [-0.05, 0) is 26.3 Å². The van der Waals surface area contributed by atoms with Crippen molar-refractivity contribution in [3.8, 4) is 17.1 Å². The summed E-state index contributed by atoms with van der Waals surface area (Å²) >= 11 is 1.62. The Morgan fingerprint density at radius 2 is 2.05 bits per heavy atom. The molecule has 2 heterocycles. The molecule has 0 unspecified atom stereocenters. The first kappa shape index (κ1) is 15.1. The molecule has 0 saturated heterocycles. The van der Waals surface area contributed by atoms with Crippen LogP contribution in [0.3, 0.4) is 0 Å². The zero-order valence-corrected chi connectivity index (χ0v) is 13.9. The summed E-state index contributed by atoms with van der Waals surface area (Å²) in [5.41, 5.74) is 2.08.